The van der Waals surface area contributed by atoms with Crippen molar-refractivity contribution in [1.29, 1.82) is 0 Å². The average Bonchev–Trinajstić information content (AvgIpc) is 2.70. The van der Waals surface area contributed by atoms with Crippen molar-refractivity contribution in [3.05, 3.63) is 58.5 Å². The molecule has 0 bridgehead atoms. The molecule has 0 saturated heterocycles. The molecular formula is C15H18O2. The van der Waals surface area contributed by atoms with Crippen LogP contribution in [0.25, 0.3) is 0 Å². The predicted octanol–water partition coefficient (Wildman–Crippen LogP) is 3.48. The van der Waals surface area contributed by atoms with Gasteiger partial charge in [0, 0.05) is 6.42 Å². The zero-order chi connectivity index (χ0) is 12.4. The minimum Gasteiger partial charge on any atom is -0.464 e. The van der Waals surface area contributed by atoms with E-state index in [2.05, 4.69) is 26.0 Å². The fourth-order valence-electron chi connectivity index (χ4n) is 2.10. The van der Waals surface area contributed by atoms with Crippen LogP contribution in [0.2, 0.25) is 0 Å². The molecule has 1 heterocycles. The molecule has 17 heavy (non-hydrogen) atoms. The molecule has 0 saturated carbocycles. The molecule has 90 valence electrons. The van der Waals surface area contributed by atoms with Crippen LogP contribution >= 0.6 is 0 Å². The second-order valence-electron chi connectivity index (χ2n) is 4.54. The van der Waals surface area contributed by atoms with Crippen molar-refractivity contribution in [2.24, 2.45) is 0 Å². The summed E-state index contributed by atoms with van der Waals surface area (Å²) in [5.41, 5.74) is 3.63. The van der Waals surface area contributed by atoms with Crippen LogP contribution in [0.3, 0.4) is 0 Å². The quantitative estimate of drug-likeness (QED) is 0.875. The third-order valence-electron chi connectivity index (χ3n) is 3.13. The van der Waals surface area contributed by atoms with E-state index in [9.17, 15) is 5.11 Å². The summed E-state index contributed by atoms with van der Waals surface area (Å²) in [4.78, 5) is 0. The highest BCUT2D eigenvalue weighted by Crippen LogP contribution is 2.24. The Balaban J connectivity index is 2.21. The average molecular weight is 230 g/mol. The molecule has 0 aliphatic carbocycles. The van der Waals surface area contributed by atoms with Gasteiger partial charge in [-0.2, -0.15) is 0 Å². The number of aliphatic hydroxyl groups is 1. The fourth-order valence-corrected chi connectivity index (χ4v) is 2.10. The summed E-state index contributed by atoms with van der Waals surface area (Å²) in [6.07, 6.45) is 0.0364. The van der Waals surface area contributed by atoms with E-state index >= 15 is 0 Å². The Labute approximate surface area is 102 Å². The lowest BCUT2D eigenvalue weighted by Gasteiger charge is -2.13. The Bertz CT molecular complexity index is 491. The van der Waals surface area contributed by atoms with Crippen LogP contribution < -0.4 is 0 Å². The Morgan fingerprint density at radius 2 is 1.71 bits per heavy atom. The third kappa shape index (κ3) is 2.59. The van der Waals surface area contributed by atoms with Crippen LogP contribution in [0, 0.1) is 20.8 Å². The number of rotatable bonds is 3. The molecule has 0 aliphatic rings. The van der Waals surface area contributed by atoms with E-state index in [0.29, 0.717) is 12.2 Å². The fraction of sp³-hybridized carbons (Fsp3) is 0.333. The molecule has 2 heteroatoms. The van der Waals surface area contributed by atoms with Crippen LogP contribution in [-0.4, -0.2) is 5.11 Å². The normalized spacial score (nSPS) is 12.7. The number of hydrogen-bond acceptors (Lipinski definition) is 2. The van der Waals surface area contributed by atoms with Crippen molar-refractivity contribution in [2.45, 2.75) is 33.3 Å². The first-order valence-corrected chi connectivity index (χ1v) is 5.87. The second-order valence-corrected chi connectivity index (χ2v) is 4.54. The molecule has 1 aromatic heterocycles. The van der Waals surface area contributed by atoms with Crippen molar-refractivity contribution >= 4 is 0 Å². The molecule has 1 N–H and O–H groups in total. The van der Waals surface area contributed by atoms with Crippen LogP contribution in [0.1, 0.15) is 34.3 Å². The van der Waals surface area contributed by atoms with Gasteiger partial charge < -0.3 is 9.52 Å². The zero-order valence-corrected chi connectivity index (χ0v) is 10.5. The summed E-state index contributed by atoms with van der Waals surface area (Å²) in [5, 5.41) is 10.1. The van der Waals surface area contributed by atoms with E-state index in [4.69, 9.17) is 4.42 Å². The van der Waals surface area contributed by atoms with Gasteiger partial charge in [-0.1, -0.05) is 18.2 Å². The second kappa shape index (κ2) is 4.76. The molecule has 1 unspecified atom stereocenters. The predicted molar refractivity (Wildman–Crippen MR) is 68.0 cm³/mol. The molecule has 0 fully saturated rings. The summed E-state index contributed by atoms with van der Waals surface area (Å²) in [6, 6.07) is 9.90. The summed E-state index contributed by atoms with van der Waals surface area (Å²) in [7, 11) is 0. The van der Waals surface area contributed by atoms with Crippen molar-refractivity contribution in [3.8, 4) is 0 Å². The molecule has 1 aromatic carbocycles. The number of furan rings is 1. The largest absolute Gasteiger partial charge is 0.464 e. The summed E-state index contributed by atoms with van der Waals surface area (Å²) in [5.74, 6) is 1.48. The SMILES string of the molecule is Cc1ccc(C(O)Cc2c(C)cccc2C)o1. The van der Waals surface area contributed by atoms with Gasteiger partial charge in [0.2, 0.25) is 0 Å². The first kappa shape index (κ1) is 11.9. The lowest BCUT2D eigenvalue weighted by atomic mass is 9.97. The van der Waals surface area contributed by atoms with Crippen LogP contribution in [-0.2, 0) is 6.42 Å². The van der Waals surface area contributed by atoms with Gasteiger partial charge in [0.05, 0.1) is 0 Å². The number of aliphatic hydroxyl groups excluding tert-OH is 1. The number of benzene rings is 1. The molecule has 0 amide bonds. The Hall–Kier alpha value is -1.54. The van der Waals surface area contributed by atoms with Gasteiger partial charge in [0.15, 0.2) is 0 Å². The van der Waals surface area contributed by atoms with Crippen molar-refractivity contribution < 1.29 is 9.52 Å². The maximum Gasteiger partial charge on any atom is 0.132 e. The summed E-state index contributed by atoms with van der Waals surface area (Å²) in [6.45, 7) is 6.03. The van der Waals surface area contributed by atoms with Crippen molar-refractivity contribution in [3.63, 3.8) is 0 Å². The molecule has 0 aliphatic heterocycles. The minimum atomic E-state index is -0.566. The Kier molecular flexibility index (Phi) is 3.34. The molecule has 2 nitrogen and oxygen atoms in total. The van der Waals surface area contributed by atoms with Crippen LogP contribution in [0.4, 0.5) is 0 Å². The van der Waals surface area contributed by atoms with E-state index in [0.717, 1.165) is 5.76 Å². The first-order valence-electron chi connectivity index (χ1n) is 5.87. The van der Waals surface area contributed by atoms with E-state index in [-0.39, 0.29) is 0 Å². The minimum absolute atomic E-state index is 0.566. The van der Waals surface area contributed by atoms with Gasteiger partial charge in [-0.05, 0) is 49.6 Å². The number of hydrogen-bond donors (Lipinski definition) is 1. The van der Waals surface area contributed by atoms with Gasteiger partial charge in [0.1, 0.15) is 17.6 Å². The summed E-state index contributed by atoms with van der Waals surface area (Å²) >= 11 is 0. The lowest BCUT2D eigenvalue weighted by Crippen LogP contribution is -2.03. The molecule has 0 radical (unpaired) electrons. The highest BCUT2D eigenvalue weighted by atomic mass is 16.4. The van der Waals surface area contributed by atoms with Crippen molar-refractivity contribution in [1.82, 2.24) is 0 Å². The molecule has 2 aromatic rings. The smallest absolute Gasteiger partial charge is 0.132 e. The highest BCUT2D eigenvalue weighted by molar-refractivity contribution is 5.34. The van der Waals surface area contributed by atoms with Crippen molar-refractivity contribution in [2.75, 3.05) is 0 Å². The Morgan fingerprint density at radius 1 is 1.06 bits per heavy atom. The maximum atomic E-state index is 10.1. The van der Waals surface area contributed by atoms with Gasteiger partial charge in [0.25, 0.3) is 0 Å². The standard InChI is InChI=1S/C15H18O2/c1-10-5-4-6-11(2)13(10)9-14(16)15-8-7-12(3)17-15/h4-8,14,16H,9H2,1-3H3. The van der Waals surface area contributed by atoms with Gasteiger partial charge >= 0.3 is 0 Å². The number of aryl methyl sites for hydroxylation is 3. The zero-order valence-electron chi connectivity index (χ0n) is 10.5. The van der Waals surface area contributed by atoms with Crippen LogP contribution in [0.15, 0.2) is 34.7 Å². The van der Waals surface area contributed by atoms with E-state index in [1.807, 2.05) is 25.1 Å². The van der Waals surface area contributed by atoms with E-state index < -0.39 is 6.10 Å². The molecule has 1 atom stereocenters. The van der Waals surface area contributed by atoms with Gasteiger partial charge in [-0.3, -0.25) is 0 Å². The summed E-state index contributed by atoms with van der Waals surface area (Å²) < 4.78 is 5.45. The molecule has 2 rings (SSSR count). The van der Waals surface area contributed by atoms with E-state index in [1.54, 1.807) is 0 Å². The van der Waals surface area contributed by atoms with E-state index in [1.165, 1.54) is 16.7 Å². The monoisotopic (exact) mass is 230 g/mol. The first-order chi connectivity index (χ1) is 8.08. The highest BCUT2D eigenvalue weighted by Gasteiger charge is 2.14. The third-order valence-corrected chi connectivity index (χ3v) is 3.13. The molecular weight excluding hydrogens is 212 g/mol. The lowest BCUT2D eigenvalue weighted by molar-refractivity contribution is 0.148. The van der Waals surface area contributed by atoms with Crippen LogP contribution in [0.5, 0.6) is 0 Å². The Morgan fingerprint density at radius 3 is 2.24 bits per heavy atom. The topological polar surface area (TPSA) is 33.4 Å². The van der Waals surface area contributed by atoms with Gasteiger partial charge in [-0.25, -0.2) is 0 Å². The van der Waals surface area contributed by atoms with Gasteiger partial charge in [-0.15, -0.1) is 0 Å². The maximum absolute atomic E-state index is 10.1. The molecule has 0 spiro atoms.